The highest BCUT2D eigenvalue weighted by molar-refractivity contribution is 5.99. The van der Waals surface area contributed by atoms with Crippen LogP contribution in [0.4, 0.5) is 5.69 Å². The predicted octanol–water partition coefficient (Wildman–Crippen LogP) is 3.61. The minimum absolute atomic E-state index is 0.111. The van der Waals surface area contributed by atoms with Crippen LogP contribution in [0.15, 0.2) is 29.4 Å². The Labute approximate surface area is 155 Å². The molecule has 6 heteroatoms. The first kappa shape index (κ1) is 19.9. The van der Waals surface area contributed by atoms with E-state index in [2.05, 4.69) is 15.8 Å². The molecule has 1 aliphatic rings. The molecule has 1 aromatic rings. The van der Waals surface area contributed by atoms with Crippen molar-refractivity contribution in [2.45, 2.75) is 71.4 Å². The lowest BCUT2D eigenvalue weighted by atomic mass is 10.1. The molecule has 0 bridgehead atoms. The van der Waals surface area contributed by atoms with Gasteiger partial charge < -0.3 is 15.5 Å². The van der Waals surface area contributed by atoms with E-state index in [0.29, 0.717) is 5.71 Å². The zero-order valence-electron chi connectivity index (χ0n) is 15.9. The Morgan fingerprint density at radius 2 is 1.69 bits per heavy atom. The van der Waals surface area contributed by atoms with Gasteiger partial charge in [0, 0.05) is 18.7 Å². The molecule has 1 saturated carbocycles. The number of anilines is 1. The fourth-order valence-electron chi connectivity index (χ4n) is 3.00. The lowest BCUT2D eigenvalue weighted by Crippen LogP contribution is -2.40. The lowest BCUT2D eigenvalue weighted by molar-refractivity contribution is -0.132. The van der Waals surface area contributed by atoms with Crippen molar-refractivity contribution in [2.24, 2.45) is 5.16 Å². The van der Waals surface area contributed by atoms with Crippen LogP contribution in [-0.2, 0) is 14.4 Å². The maximum absolute atomic E-state index is 12.3. The lowest BCUT2D eigenvalue weighted by Gasteiger charge is -2.18. The van der Waals surface area contributed by atoms with Gasteiger partial charge in [-0.3, -0.25) is 9.59 Å². The molecule has 0 aromatic heterocycles. The molecule has 2 amide bonds. The highest BCUT2D eigenvalue weighted by atomic mass is 16.6. The van der Waals surface area contributed by atoms with Gasteiger partial charge >= 0.3 is 0 Å². The third-order valence-corrected chi connectivity index (χ3v) is 4.54. The van der Waals surface area contributed by atoms with Crippen LogP contribution in [0.3, 0.4) is 0 Å². The highest BCUT2D eigenvalue weighted by Gasteiger charge is 2.20. The molecular weight excluding hydrogens is 330 g/mol. The van der Waals surface area contributed by atoms with E-state index in [-0.39, 0.29) is 17.9 Å². The smallest absolute Gasteiger partial charge is 0.263 e. The fourth-order valence-corrected chi connectivity index (χ4v) is 3.00. The minimum atomic E-state index is -0.633. The number of hydrogen-bond acceptors (Lipinski definition) is 4. The van der Waals surface area contributed by atoms with E-state index in [1.807, 2.05) is 19.1 Å². The number of nitrogens with one attached hydrogen (secondary N) is 2. The third-order valence-electron chi connectivity index (χ3n) is 4.54. The summed E-state index contributed by atoms with van der Waals surface area (Å²) in [6, 6.07) is 7.56. The maximum atomic E-state index is 12.3. The van der Waals surface area contributed by atoms with Crippen LogP contribution in [-0.4, -0.2) is 29.7 Å². The second kappa shape index (κ2) is 9.94. The molecule has 26 heavy (non-hydrogen) atoms. The third kappa shape index (κ3) is 6.50. The van der Waals surface area contributed by atoms with Gasteiger partial charge in [-0.25, -0.2) is 0 Å². The number of carbonyl (C=O) groups excluding carboxylic acids is 2. The van der Waals surface area contributed by atoms with Crippen LogP contribution < -0.4 is 10.6 Å². The van der Waals surface area contributed by atoms with E-state index in [4.69, 9.17) is 4.84 Å². The Hall–Kier alpha value is -2.37. The Kier molecular flexibility index (Phi) is 7.63. The highest BCUT2D eigenvalue weighted by Crippen LogP contribution is 2.17. The average molecular weight is 359 g/mol. The summed E-state index contributed by atoms with van der Waals surface area (Å²) in [6.07, 6.45) is 6.30. The molecule has 6 nitrogen and oxygen atoms in total. The zero-order chi connectivity index (χ0) is 18.9. The molecule has 142 valence electrons. The van der Waals surface area contributed by atoms with Crippen molar-refractivity contribution in [3.05, 3.63) is 29.8 Å². The fraction of sp³-hybridized carbons (Fsp3) is 0.550. The van der Waals surface area contributed by atoms with Crippen LogP contribution in [0, 0.1) is 0 Å². The quantitative estimate of drug-likeness (QED) is 0.462. The summed E-state index contributed by atoms with van der Waals surface area (Å²) in [4.78, 5) is 28.7. The maximum Gasteiger partial charge on any atom is 0.263 e. The van der Waals surface area contributed by atoms with E-state index < -0.39 is 6.10 Å². The topological polar surface area (TPSA) is 79.8 Å². The van der Waals surface area contributed by atoms with Crippen molar-refractivity contribution >= 4 is 23.2 Å². The number of nitrogens with zero attached hydrogens (tertiary/aromatic N) is 1. The van der Waals surface area contributed by atoms with Crippen LogP contribution in [0.2, 0.25) is 0 Å². The largest absolute Gasteiger partial charge is 0.382 e. The first-order valence-corrected chi connectivity index (χ1v) is 9.34. The summed E-state index contributed by atoms with van der Waals surface area (Å²) in [6.45, 7) is 5.00. The minimum Gasteiger partial charge on any atom is -0.382 e. The Morgan fingerprint density at radius 1 is 1.08 bits per heavy atom. The van der Waals surface area contributed by atoms with E-state index >= 15 is 0 Å². The number of amides is 2. The van der Waals surface area contributed by atoms with Crippen molar-refractivity contribution in [3.63, 3.8) is 0 Å². The first-order chi connectivity index (χ1) is 12.5. The Morgan fingerprint density at radius 3 is 2.27 bits per heavy atom. The summed E-state index contributed by atoms with van der Waals surface area (Å²) in [5, 5.41) is 9.88. The number of rotatable bonds is 6. The van der Waals surface area contributed by atoms with Crippen molar-refractivity contribution < 1.29 is 14.4 Å². The van der Waals surface area contributed by atoms with Gasteiger partial charge in [0.2, 0.25) is 12.0 Å². The van der Waals surface area contributed by atoms with Crippen molar-refractivity contribution in [1.82, 2.24) is 5.32 Å². The molecule has 1 aliphatic carbocycles. The molecule has 1 atom stereocenters. The summed E-state index contributed by atoms with van der Waals surface area (Å²) in [7, 11) is 0. The number of oxime groups is 1. The molecular formula is C20H29N3O3. The molecule has 0 saturated heterocycles. The van der Waals surface area contributed by atoms with Crippen LogP contribution in [0.1, 0.15) is 64.9 Å². The molecule has 1 fully saturated rings. The molecule has 0 aliphatic heterocycles. The Balaban J connectivity index is 1.86. The number of hydrogen-bond donors (Lipinski definition) is 2. The van der Waals surface area contributed by atoms with Gasteiger partial charge in [-0.15, -0.1) is 0 Å². The normalized spacial score (nSPS) is 17.1. The van der Waals surface area contributed by atoms with Crippen molar-refractivity contribution in [1.29, 1.82) is 0 Å². The van der Waals surface area contributed by atoms with Gasteiger partial charge in [0.25, 0.3) is 5.91 Å². The second-order valence-corrected chi connectivity index (χ2v) is 6.88. The van der Waals surface area contributed by atoms with Crippen molar-refractivity contribution in [3.8, 4) is 0 Å². The van der Waals surface area contributed by atoms with Crippen molar-refractivity contribution in [2.75, 3.05) is 5.32 Å². The predicted molar refractivity (Wildman–Crippen MR) is 103 cm³/mol. The number of carbonyl (C=O) groups is 2. The van der Waals surface area contributed by atoms with E-state index in [1.165, 1.54) is 32.6 Å². The van der Waals surface area contributed by atoms with Gasteiger partial charge in [0.15, 0.2) is 0 Å². The van der Waals surface area contributed by atoms with Crippen LogP contribution >= 0.6 is 0 Å². The standard InChI is InChI=1S/C20H29N3O3/c1-14(17-10-12-19(13-11-17)21-16(3)24)23-26-15(2)20(25)22-18-8-6-4-5-7-9-18/h10-13,15,18H,4-9H2,1-3H3,(H,21,24)(H,22,25)/b23-14+. The summed E-state index contributed by atoms with van der Waals surface area (Å²) >= 11 is 0. The molecule has 0 radical (unpaired) electrons. The summed E-state index contributed by atoms with van der Waals surface area (Å²) < 4.78 is 0. The molecule has 1 aromatic carbocycles. The molecule has 2 N–H and O–H groups in total. The zero-order valence-corrected chi connectivity index (χ0v) is 15.9. The Bertz CT molecular complexity index is 632. The van der Waals surface area contributed by atoms with Gasteiger partial charge in [-0.1, -0.05) is 43.0 Å². The van der Waals surface area contributed by atoms with Gasteiger partial charge in [-0.05, 0) is 44.4 Å². The number of benzene rings is 1. The molecule has 2 rings (SSSR count). The summed E-state index contributed by atoms with van der Waals surface area (Å²) in [5.41, 5.74) is 2.27. The molecule has 0 spiro atoms. The second-order valence-electron chi connectivity index (χ2n) is 6.88. The average Bonchev–Trinajstić information content (AvgIpc) is 2.88. The summed E-state index contributed by atoms with van der Waals surface area (Å²) in [5.74, 6) is -0.227. The molecule has 1 unspecified atom stereocenters. The van der Waals surface area contributed by atoms with Gasteiger partial charge in [0.05, 0.1) is 5.71 Å². The van der Waals surface area contributed by atoms with Gasteiger partial charge in [-0.2, -0.15) is 0 Å². The SMILES string of the molecule is CC(=O)Nc1ccc(/C(C)=N/OC(C)C(=O)NC2CCCCCC2)cc1. The first-order valence-electron chi connectivity index (χ1n) is 9.34. The van der Waals surface area contributed by atoms with E-state index in [1.54, 1.807) is 19.1 Å². The van der Waals surface area contributed by atoms with Gasteiger partial charge in [0.1, 0.15) is 0 Å². The van der Waals surface area contributed by atoms with E-state index in [9.17, 15) is 9.59 Å². The van der Waals surface area contributed by atoms with Crippen LogP contribution in [0.25, 0.3) is 0 Å². The molecule has 0 heterocycles. The van der Waals surface area contributed by atoms with E-state index in [0.717, 1.165) is 24.1 Å². The monoisotopic (exact) mass is 359 g/mol. The van der Waals surface area contributed by atoms with Crippen LogP contribution in [0.5, 0.6) is 0 Å².